The van der Waals surface area contributed by atoms with Gasteiger partial charge in [-0.2, -0.15) is 4.39 Å². The van der Waals surface area contributed by atoms with Crippen molar-refractivity contribution in [1.82, 2.24) is 4.90 Å². The van der Waals surface area contributed by atoms with Crippen LogP contribution in [0.2, 0.25) is 0 Å². The molecule has 1 unspecified atom stereocenters. The Morgan fingerprint density at radius 2 is 2.25 bits per heavy atom. The number of nitrogens with zero attached hydrogens (tertiary/aromatic N) is 2. The summed E-state index contributed by atoms with van der Waals surface area (Å²) in [6.45, 7) is 5.32. The lowest BCUT2D eigenvalue weighted by molar-refractivity contribution is -0.387. The molecule has 1 fully saturated rings. The van der Waals surface area contributed by atoms with E-state index in [1.54, 1.807) is 6.07 Å². The van der Waals surface area contributed by atoms with Crippen molar-refractivity contribution in [2.24, 2.45) is 0 Å². The molecule has 0 aliphatic carbocycles. The molecule has 1 N–H and O–H groups in total. The van der Waals surface area contributed by atoms with Gasteiger partial charge in [0, 0.05) is 24.3 Å². The van der Waals surface area contributed by atoms with Crippen LogP contribution in [0.1, 0.15) is 26.2 Å². The highest BCUT2D eigenvalue weighted by Gasteiger charge is 2.18. The summed E-state index contributed by atoms with van der Waals surface area (Å²) in [7, 11) is 0. The summed E-state index contributed by atoms with van der Waals surface area (Å²) in [5.41, 5.74) is 0.145. The third-order valence-corrected chi connectivity index (χ3v) is 3.78. The second-order valence-electron chi connectivity index (χ2n) is 5.13. The second kappa shape index (κ2) is 6.65. The monoisotopic (exact) mass is 281 g/mol. The Bertz CT molecular complexity index is 481. The zero-order chi connectivity index (χ0) is 14.5. The average Bonchev–Trinajstić information content (AvgIpc) is 2.66. The molecule has 6 heteroatoms. The van der Waals surface area contributed by atoms with Gasteiger partial charge in [-0.3, -0.25) is 10.1 Å². The third-order valence-electron chi connectivity index (χ3n) is 3.78. The number of likely N-dealkylation sites (tertiary alicyclic amines) is 1. The Hall–Kier alpha value is -1.69. The Balaban J connectivity index is 2.02. The highest BCUT2D eigenvalue weighted by Crippen LogP contribution is 2.23. The van der Waals surface area contributed by atoms with Gasteiger partial charge in [-0.1, -0.05) is 6.92 Å². The fourth-order valence-electron chi connectivity index (χ4n) is 2.59. The molecule has 20 heavy (non-hydrogen) atoms. The van der Waals surface area contributed by atoms with Crippen molar-refractivity contribution in [2.45, 2.75) is 32.2 Å². The molecule has 0 radical (unpaired) electrons. The van der Waals surface area contributed by atoms with Gasteiger partial charge in [0.2, 0.25) is 5.82 Å². The van der Waals surface area contributed by atoms with Crippen LogP contribution in [-0.2, 0) is 0 Å². The predicted molar refractivity (Wildman–Crippen MR) is 76.4 cm³/mol. The van der Waals surface area contributed by atoms with Gasteiger partial charge < -0.3 is 10.2 Å². The molecule has 0 aromatic heterocycles. The Morgan fingerprint density at radius 3 is 2.95 bits per heavy atom. The molecule has 0 saturated carbocycles. The van der Waals surface area contributed by atoms with Gasteiger partial charge >= 0.3 is 5.69 Å². The lowest BCUT2D eigenvalue weighted by atomic mass is 10.1. The largest absolute Gasteiger partial charge is 0.382 e. The SMILES string of the molecule is CCN1CCCC(Nc2ccc(F)c([N+](=O)[O-])c2)CC1. The van der Waals surface area contributed by atoms with Gasteiger partial charge in [-0.05, 0) is 44.5 Å². The van der Waals surface area contributed by atoms with E-state index in [1.165, 1.54) is 6.07 Å². The molecule has 1 aliphatic heterocycles. The molecule has 1 heterocycles. The number of rotatable bonds is 4. The van der Waals surface area contributed by atoms with Crippen LogP contribution >= 0.6 is 0 Å². The molecule has 0 bridgehead atoms. The molecule has 0 spiro atoms. The van der Waals surface area contributed by atoms with Crippen LogP contribution in [0.5, 0.6) is 0 Å². The Labute approximate surface area is 117 Å². The molecule has 1 atom stereocenters. The van der Waals surface area contributed by atoms with Crippen molar-refractivity contribution in [3.8, 4) is 0 Å². The van der Waals surface area contributed by atoms with E-state index in [9.17, 15) is 14.5 Å². The van der Waals surface area contributed by atoms with E-state index < -0.39 is 16.4 Å². The number of nitro benzene ring substituents is 1. The van der Waals surface area contributed by atoms with Crippen molar-refractivity contribution in [3.63, 3.8) is 0 Å². The standard InChI is InChI=1S/C14H20FN3O2/c1-2-17-8-3-4-11(7-9-17)16-12-5-6-13(15)14(10-12)18(19)20/h5-6,10-11,16H,2-4,7-9H2,1H3. The van der Waals surface area contributed by atoms with Crippen LogP contribution in [0.3, 0.4) is 0 Å². The number of halogens is 1. The van der Waals surface area contributed by atoms with Crippen molar-refractivity contribution < 1.29 is 9.31 Å². The van der Waals surface area contributed by atoms with Crippen LogP contribution in [0, 0.1) is 15.9 Å². The molecular weight excluding hydrogens is 261 g/mol. The van der Waals surface area contributed by atoms with Crippen molar-refractivity contribution in [2.75, 3.05) is 25.0 Å². The van der Waals surface area contributed by atoms with E-state index in [0.717, 1.165) is 45.0 Å². The average molecular weight is 281 g/mol. The molecule has 1 saturated heterocycles. The molecule has 5 nitrogen and oxygen atoms in total. The summed E-state index contributed by atoms with van der Waals surface area (Å²) in [6, 6.07) is 4.27. The van der Waals surface area contributed by atoms with Gasteiger partial charge in [0.25, 0.3) is 0 Å². The molecule has 0 amide bonds. The maximum Gasteiger partial charge on any atom is 0.306 e. The van der Waals surface area contributed by atoms with Crippen LogP contribution in [0.25, 0.3) is 0 Å². The predicted octanol–water partition coefficient (Wildman–Crippen LogP) is 3.02. The summed E-state index contributed by atoms with van der Waals surface area (Å²) in [5.74, 6) is -0.793. The zero-order valence-electron chi connectivity index (χ0n) is 11.6. The molecule has 2 rings (SSSR count). The molecule has 1 aromatic carbocycles. The summed E-state index contributed by atoms with van der Waals surface area (Å²) in [5, 5.41) is 14.0. The quantitative estimate of drug-likeness (QED) is 0.681. The van der Waals surface area contributed by atoms with Crippen molar-refractivity contribution in [1.29, 1.82) is 0 Å². The van der Waals surface area contributed by atoms with E-state index in [0.29, 0.717) is 5.69 Å². The summed E-state index contributed by atoms with van der Waals surface area (Å²) in [4.78, 5) is 12.4. The van der Waals surface area contributed by atoms with Crippen LogP contribution < -0.4 is 5.32 Å². The normalized spacial score (nSPS) is 20.4. The first-order chi connectivity index (χ1) is 9.60. The fourth-order valence-corrected chi connectivity index (χ4v) is 2.59. The highest BCUT2D eigenvalue weighted by molar-refractivity contribution is 5.52. The van der Waals surface area contributed by atoms with Crippen molar-refractivity contribution in [3.05, 3.63) is 34.1 Å². The Morgan fingerprint density at radius 1 is 1.45 bits per heavy atom. The number of nitrogens with one attached hydrogen (secondary N) is 1. The van der Waals surface area contributed by atoms with Gasteiger partial charge in [-0.25, -0.2) is 0 Å². The lowest BCUT2D eigenvalue weighted by Crippen LogP contribution is -2.26. The van der Waals surface area contributed by atoms with Gasteiger partial charge in [0.1, 0.15) is 0 Å². The van der Waals surface area contributed by atoms with Gasteiger partial charge in [0.05, 0.1) is 4.92 Å². The minimum absolute atomic E-state index is 0.289. The number of hydrogen-bond acceptors (Lipinski definition) is 4. The van der Waals surface area contributed by atoms with Crippen LogP contribution in [-0.4, -0.2) is 35.5 Å². The summed E-state index contributed by atoms with van der Waals surface area (Å²) in [6.07, 6.45) is 3.13. The molecule has 1 aliphatic rings. The fraction of sp³-hybridized carbons (Fsp3) is 0.571. The van der Waals surface area contributed by atoms with Crippen LogP contribution in [0.4, 0.5) is 15.8 Å². The first-order valence-electron chi connectivity index (χ1n) is 7.03. The maximum absolute atomic E-state index is 13.3. The summed E-state index contributed by atoms with van der Waals surface area (Å²) < 4.78 is 13.3. The topological polar surface area (TPSA) is 58.4 Å². The number of nitro groups is 1. The molecular formula is C14H20FN3O2. The summed E-state index contributed by atoms with van der Waals surface area (Å²) >= 11 is 0. The van der Waals surface area contributed by atoms with E-state index in [1.807, 2.05) is 0 Å². The van der Waals surface area contributed by atoms with Crippen molar-refractivity contribution >= 4 is 11.4 Å². The minimum Gasteiger partial charge on any atom is -0.382 e. The number of benzene rings is 1. The maximum atomic E-state index is 13.3. The van der Waals surface area contributed by atoms with E-state index in [2.05, 4.69) is 17.1 Å². The van der Waals surface area contributed by atoms with Crippen LogP contribution in [0.15, 0.2) is 18.2 Å². The number of anilines is 1. The number of hydrogen-bond donors (Lipinski definition) is 1. The Kier molecular flexibility index (Phi) is 4.89. The second-order valence-corrected chi connectivity index (χ2v) is 5.13. The van der Waals surface area contributed by atoms with Gasteiger partial charge in [0.15, 0.2) is 0 Å². The van der Waals surface area contributed by atoms with E-state index >= 15 is 0 Å². The molecule has 110 valence electrons. The van der Waals surface area contributed by atoms with E-state index in [-0.39, 0.29) is 6.04 Å². The molecule has 1 aromatic rings. The first-order valence-corrected chi connectivity index (χ1v) is 7.03. The zero-order valence-corrected chi connectivity index (χ0v) is 11.6. The smallest absolute Gasteiger partial charge is 0.306 e. The van der Waals surface area contributed by atoms with E-state index in [4.69, 9.17) is 0 Å². The minimum atomic E-state index is -0.793. The first kappa shape index (κ1) is 14.7. The third kappa shape index (κ3) is 3.66. The lowest BCUT2D eigenvalue weighted by Gasteiger charge is -2.19. The highest BCUT2D eigenvalue weighted by atomic mass is 19.1. The van der Waals surface area contributed by atoms with Gasteiger partial charge in [-0.15, -0.1) is 0 Å².